The second-order valence-corrected chi connectivity index (χ2v) is 5.14. The third-order valence-corrected chi connectivity index (χ3v) is 3.46. The summed E-state index contributed by atoms with van der Waals surface area (Å²) in [5, 5.41) is 4.34. The number of pyridine rings is 1. The normalized spacial score (nSPS) is 12.4. The van der Waals surface area contributed by atoms with Crippen LogP contribution >= 0.6 is 11.6 Å². The maximum absolute atomic E-state index is 5.92. The van der Waals surface area contributed by atoms with Gasteiger partial charge in [-0.25, -0.2) is 0 Å². The Morgan fingerprint density at radius 1 is 1.16 bits per heavy atom. The van der Waals surface area contributed by atoms with Crippen LogP contribution in [0.5, 0.6) is 0 Å². The zero-order valence-corrected chi connectivity index (χ0v) is 12.1. The number of hydrogen-bond donors (Lipinski definition) is 1. The molecule has 2 nitrogen and oxygen atoms in total. The molecule has 0 aliphatic heterocycles. The van der Waals surface area contributed by atoms with Crippen molar-refractivity contribution in [2.24, 2.45) is 0 Å². The van der Waals surface area contributed by atoms with Gasteiger partial charge in [0.05, 0.1) is 0 Å². The first-order valence-corrected chi connectivity index (χ1v) is 6.97. The molecule has 1 heterocycles. The monoisotopic (exact) mass is 274 g/mol. The molecule has 0 bridgehead atoms. The van der Waals surface area contributed by atoms with E-state index in [1.807, 2.05) is 31.3 Å². The van der Waals surface area contributed by atoms with Crippen molar-refractivity contribution in [3.05, 3.63) is 64.4 Å². The van der Waals surface area contributed by atoms with Crippen LogP contribution in [0.25, 0.3) is 0 Å². The Hall–Kier alpha value is -1.38. The Morgan fingerprint density at radius 2 is 1.89 bits per heavy atom. The highest BCUT2D eigenvalue weighted by molar-refractivity contribution is 6.30. The summed E-state index contributed by atoms with van der Waals surface area (Å²) >= 11 is 5.92. The molecule has 1 unspecified atom stereocenters. The zero-order valence-electron chi connectivity index (χ0n) is 11.4. The van der Waals surface area contributed by atoms with E-state index in [0.717, 1.165) is 23.7 Å². The van der Waals surface area contributed by atoms with Crippen molar-refractivity contribution in [1.82, 2.24) is 10.3 Å². The number of benzene rings is 1. The van der Waals surface area contributed by atoms with Crippen molar-refractivity contribution in [1.29, 1.82) is 0 Å². The molecule has 0 aliphatic carbocycles. The first-order valence-electron chi connectivity index (χ1n) is 6.59. The largest absolute Gasteiger partial charge is 0.306 e. The number of rotatable bonds is 5. The van der Waals surface area contributed by atoms with Gasteiger partial charge in [0.2, 0.25) is 0 Å². The van der Waals surface area contributed by atoms with Crippen molar-refractivity contribution in [3.63, 3.8) is 0 Å². The molecule has 0 aliphatic rings. The Labute approximate surface area is 119 Å². The van der Waals surface area contributed by atoms with Crippen LogP contribution in [0.3, 0.4) is 0 Å². The first-order chi connectivity index (χ1) is 9.19. The molecule has 1 atom stereocenters. The van der Waals surface area contributed by atoms with Crippen LogP contribution in [0, 0.1) is 6.92 Å². The summed E-state index contributed by atoms with van der Waals surface area (Å²) in [7, 11) is 0. The number of nitrogens with zero attached hydrogens (tertiary/aromatic N) is 1. The van der Waals surface area contributed by atoms with Crippen LogP contribution in [0.4, 0.5) is 0 Å². The molecule has 0 saturated carbocycles. The molecule has 1 aromatic heterocycles. The van der Waals surface area contributed by atoms with Gasteiger partial charge < -0.3 is 5.32 Å². The molecule has 19 heavy (non-hydrogen) atoms. The summed E-state index contributed by atoms with van der Waals surface area (Å²) in [6.07, 6.45) is 2.97. The SMILES string of the molecule is CCC(NCc1ccc(C)nc1)c1ccc(Cl)cc1. The van der Waals surface area contributed by atoms with Gasteiger partial charge in [0.15, 0.2) is 0 Å². The van der Waals surface area contributed by atoms with Crippen molar-refractivity contribution < 1.29 is 0 Å². The molecule has 0 radical (unpaired) electrons. The number of aryl methyl sites for hydroxylation is 1. The van der Waals surface area contributed by atoms with E-state index in [4.69, 9.17) is 11.6 Å². The summed E-state index contributed by atoms with van der Waals surface area (Å²) in [4.78, 5) is 4.31. The lowest BCUT2D eigenvalue weighted by atomic mass is 10.0. The van der Waals surface area contributed by atoms with Crippen LogP contribution in [-0.4, -0.2) is 4.98 Å². The van der Waals surface area contributed by atoms with E-state index >= 15 is 0 Å². The summed E-state index contributed by atoms with van der Waals surface area (Å²) in [6.45, 7) is 5.01. The average Bonchev–Trinajstić information content (AvgIpc) is 2.43. The molecule has 0 fully saturated rings. The molecule has 100 valence electrons. The number of halogens is 1. The van der Waals surface area contributed by atoms with Crippen LogP contribution < -0.4 is 5.32 Å². The summed E-state index contributed by atoms with van der Waals surface area (Å²) < 4.78 is 0. The molecule has 0 amide bonds. The highest BCUT2D eigenvalue weighted by Gasteiger charge is 2.08. The van der Waals surface area contributed by atoms with E-state index in [2.05, 4.69) is 35.4 Å². The van der Waals surface area contributed by atoms with Crippen molar-refractivity contribution in [3.8, 4) is 0 Å². The minimum absolute atomic E-state index is 0.346. The molecular weight excluding hydrogens is 256 g/mol. The second-order valence-electron chi connectivity index (χ2n) is 4.70. The lowest BCUT2D eigenvalue weighted by Crippen LogP contribution is -2.20. The van der Waals surface area contributed by atoms with Crippen LogP contribution in [0.2, 0.25) is 5.02 Å². The van der Waals surface area contributed by atoms with Gasteiger partial charge in [0.25, 0.3) is 0 Å². The van der Waals surface area contributed by atoms with Crippen molar-refractivity contribution in [2.75, 3.05) is 0 Å². The predicted molar refractivity (Wildman–Crippen MR) is 80.3 cm³/mol. The molecule has 3 heteroatoms. The molecule has 1 N–H and O–H groups in total. The van der Waals surface area contributed by atoms with E-state index in [-0.39, 0.29) is 0 Å². The maximum Gasteiger partial charge on any atom is 0.0406 e. The van der Waals surface area contributed by atoms with E-state index in [9.17, 15) is 0 Å². The van der Waals surface area contributed by atoms with Gasteiger partial charge in [-0.1, -0.05) is 36.7 Å². The minimum atomic E-state index is 0.346. The maximum atomic E-state index is 5.92. The van der Waals surface area contributed by atoms with Gasteiger partial charge in [-0.2, -0.15) is 0 Å². The number of hydrogen-bond acceptors (Lipinski definition) is 2. The first kappa shape index (κ1) is 14.0. The minimum Gasteiger partial charge on any atom is -0.306 e. The van der Waals surface area contributed by atoms with Gasteiger partial charge in [0, 0.05) is 29.5 Å². The third kappa shape index (κ3) is 4.05. The molecule has 2 aromatic rings. The Morgan fingerprint density at radius 3 is 2.47 bits per heavy atom. The predicted octanol–water partition coefficient (Wildman–Crippen LogP) is 4.28. The highest BCUT2D eigenvalue weighted by atomic mass is 35.5. The Kier molecular flexibility index (Phi) is 4.94. The van der Waals surface area contributed by atoms with Gasteiger partial charge in [0.1, 0.15) is 0 Å². The quantitative estimate of drug-likeness (QED) is 0.880. The van der Waals surface area contributed by atoms with Crippen LogP contribution in [0.1, 0.15) is 36.2 Å². The summed E-state index contributed by atoms with van der Waals surface area (Å²) in [5.41, 5.74) is 3.53. The molecule has 0 spiro atoms. The van der Waals surface area contributed by atoms with Gasteiger partial charge in [-0.15, -0.1) is 0 Å². The third-order valence-electron chi connectivity index (χ3n) is 3.21. The Balaban J connectivity index is 1.99. The summed E-state index contributed by atoms with van der Waals surface area (Å²) in [6, 6.07) is 12.5. The van der Waals surface area contributed by atoms with E-state index in [1.54, 1.807) is 0 Å². The summed E-state index contributed by atoms with van der Waals surface area (Å²) in [5.74, 6) is 0. The second kappa shape index (κ2) is 6.69. The molecule has 1 aromatic carbocycles. The standard InChI is InChI=1S/C16H19ClN2/c1-3-16(14-6-8-15(17)9-7-14)19-11-13-5-4-12(2)18-10-13/h4-10,16,19H,3,11H2,1-2H3. The highest BCUT2D eigenvalue weighted by Crippen LogP contribution is 2.19. The Bertz CT molecular complexity index is 505. The molecular formula is C16H19ClN2. The van der Waals surface area contributed by atoms with Gasteiger partial charge in [-0.05, 0) is 42.7 Å². The van der Waals surface area contributed by atoms with Gasteiger partial charge >= 0.3 is 0 Å². The van der Waals surface area contributed by atoms with Crippen molar-refractivity contribution in [2.45, 2.75) is 32.9 Å². The molecule has 2 rings (SSSR count). The fourth-order valence-electron chi connectivity index (χ4n) is 2.04. The van der Waals surface area contributed by atoms with E-state index in [1.165, 1.54) is 11.1 Å². The van der Waals surface area contributed by atoms with Crippen molar-refractivity contribution >= 4 is 11.6 Å². The fraction of sp³-hybridized carbons (Fsp3) is 0.312. The zero-order chi connectivity index (χ0) is 13.7. The number of nitrogens with one attached hydrogen (secondary N) is 1. The average molecular weight is 275 g/mol. The van der Waals surface area contributed by atoms with Gasteiger partial charge in [-0.3, -0.25) is 4.98 Å². The molecule has 0 saturated heterocycles. The van der Waals surface area contributed by atoms with Crippen LogP contribution in [-0.2, 0) is 6.54 Å². The number of aromatic nitrogens is 1. The lowest BCUT2D eigenvalue weighted by molar-refractivity contribution is 0.518. The smallest absolute Gasteiger partial charge is 0.0406 e. The van der Waals surface area contributed by atoms with Crippen LogP contribution in [0.15, 0.2) is 42.6 Å². The van der Waals surface area contributed by atoms with E-state index < -0.39 is 0 Å². The lowest BCUT2D eigenvalue weighted by Gasteiger charge is -2.17. The van der Waals surface area contributed by atoms with E-state index in [0.29, 0.717) is 6.04 Å². The fourth-order valence-corrected chi connectivity index (χ4v) is 2.16. The topological polar surface area (TPSA) is 24.9 Å².